The Morgan fingerprint density at radius 1 is 0.786 bits per heavy atom. The maximum atomic E-state index is 6.55. The van der Waals surface area contributed by atoms with Crippen LogP contribution in [0.5, 0.6) is 0 Å². The molecule has 3 aromatic carbocycles. The van der Waals surface area contributed by atoms with E-state index in [0.717, 1.165) is 38.1 Å². The summed E-state index contributed by atoms with van der Waals surface area (Å²) >= 11 is 3.53. The van der Waals surface area contributed by atoms with E-state index in [0.29, 0.717) is 0 Å². The Labute approximate surface area is 174 Å². The van der Waals surface area contributed by atoms with Gasteiger partial charge < -0.3 is 9.47 Å². The molecule has 3 heteroatoms. The lowest BCUT2D eigenvalue weighted by atomic mass is 9.87. The van der Waals surface area contributed by atoms with Gasteiger partial charge in [0, 0.05) is 28.3 Å². The summed E-state index contributed by atoms with van der Waals surface area (Å²) in [4.78, 5) is 0. The molecule has 3 aromatic rings. The number of hydrogen-bond donors (Lipinski definition) is 0. The first kappa shape index (κ1) is 18.7. The zero-order chi connectivity index (χ0) is 19.6. The van der Waals surface area contributed by atoms with Gasteiger partial charge in [-0.3, -0.25) is 0 Å². The largest absolute Gasteiger partial charge is 0.453 e. The van der Waals surface area contributed by atoms with E-state index in [2.05, 4.69) is 65.3 Å². The second-order valence-electron chi connectivity index (χ2n) is 6.71. The molecule has 0 N–H and O–H groups in total. The molecule has 0 aromatic heterocycles. The van der Waals surface area contributed by atoms with Crippen molar-refractivity contribution >= 4 is 27.3 Å². The molecule has 0 amide bonds. The lowest BCUT2D eigenvalue weighted by Gasteiger charge is -2.39. The van der Waals surface area contributed by atoms with Crippen LogP contribution >= 0.6 is 15.9 Å². The third-order valence-electron chi connectivity index (χ3n) is 5.08. The normalized spacial score (nSPS) is 19.2. The van der Waals surface area contributed by atoms with Gasteiger partial charge in [0.1, 0.15) is 5.76 Å². The minimum atomic E-state index is -0.983. The number of rotatable bonds is 4. The monoisotopic (exact) mass is 432 g/mol. The molecule has 0 fully saturated rings. The van der Waals surface area contributed by atoms with Crippen molar-refractivity contribution in [2.24, 2.45) is 0 Å². The van der Waals surface area contributed by atoms with Crippen molar-refractivity contribution in [2.45, 2.75) is 12.7 Å². The molecule has 140 valence electrons. The molecule has 1 unspecified atom stereocenters. The van der Waals surface area contributed by atoms with Crippen LogP contribution in [0.1, 0.15) is 23.6 Å². The molecular formula is C25H21BrO2. The van der Waals surface area contributed by atoms with Crippen LogP contribution in [0.4, 0.5) is 0 Å². The fourth-order valence-electron chi connectivity index (χ4n) is 3.60. The molecule has 0 saturated carbocycles. The summed E-state index contributed by atoms with van der Waals surface area (Å²) in [5.74, 6) is -0.196. The zero-order valence-corrected chi connectivity index (χ0v) is 17.4. The first-order valence-corrected chi connectivity index (χ1v) is 9.97. The van der Waals surface area contributed by atoms with Crippen molar-refractivity contribution in [3.8, 4) is 0 Å². The first-order chi connectivity index (χ1) is 13.6. The summed E-state index contributed by atoms with van der Waals surface area (Å²) in [5.41, 5.74) is 5.22. The van der Waals surface area contributed by atoms with Gasteiger partial charge in [0.15, 0.2) is 0 Å². The standard InChI is InChI=1S/C25H21BrO2/c1-18-23(19-13-15-22(26)16-14-19)17-24(20-9-5-3-6-10-20)28-25(18,27-2)21-11-7-4-8-12-21/h3-17H,1-2H3. The van der Waals surface area contributed by atoms with E-state index in [4.69, 9.17) is 9.47 Å². The van der Waals surface area contributed by atoms with Gasteiger partial charge in [-0.05, 0) is 36.3 Å². The maximum Gasteiger partial charge on any atom is 0.260 e. The highest BCUT2D eigenvalue weighted by molar-refractivity contribution is 9.10. The van der Waals surface area contributed by atoms with Crippen LogP contribution in [0.15, 0.2) is 101 Å². The predicted octanol–water partition coefficient (Wildman–Crippen LogP) is 6.79. The van der Waals surface area contributed by atoms with Gasteiger partial charge in [0.05, 0.1) is 0 Å². The van der Waals surface area contributed by atoms with Gasteiger partial charge in [-0.25, -0.2) is 0 Å². The van der Waals surface area contributed by atoms with Crippen LogP contribution in [-0.2, 0) is 15.3 Å². The minimum Gasteiger partial charge on any atom is -0.453 e. The topological polar surface area (TPSA) is 18.5 Å². The summed E-state index contributed by atoms with van der Waals surface area (Å²) in [6.45, 7) is 2.08. The predicted molar refractivity (Wildman–Crippen MR) is 117 cm³/mol. The van der Waals surface area contributed by atoms with Crippen LogP contribution in [0.2, 0.25) is 0 Å². The maximum absolute atomic E-state index is 6.55. The first-order valence-electron chi connectivity index (χ1n) is 9.18. The van der Waals surface area contributed by atoms with Crippen molar-refractivity contribution in [1.29, 1.82) is 0 Å². The highest BCUT2D eigenvalue weighted by atomic mass is 79.9. The summed E-state index contributed by atoms with van der Waals surface area (Å²) in [7, 11) is 1.70. The second-order valence-corrected chi connectivity index (χ2v) is 7.62. The van der Waals surface area contributed by atoms with Gasteiger partial charge in [-0.2, -0.15) is 0 Å². The third-order valence-corrected chi connectivity index (χ3v) is 5.61. The van der Waals surface area contributed by atoms with Crippen LogP contribution in [0.3, 0.4) is 0 Å². The number of hydrogen-bond acceptors (Lipinski definition) is 2. The Morgan fingerprint density at radius 3 is 2.00 bits per heavy atom. The number of allylic oxidation sites excluding steroid dienone is 2. The van der Waals surface area contributed by atoms with Gasteiger partial charge in [-0.1, -0.05) is 88.7 Å². The molecule has 0 aliphatic carbocycles. The van der Waals surface area contributed by atoms with Crippen molar-refractivity contribution in [2.75, 3.05) is 7.11 Å². The fourth-order valence-corrected chi connectivity index (χ4v) is 3.86. The van der Waals surface area contributed by atoms with E-state index in [-0.39, 0.29) is 0 Å². The van der Waals surface area contributed by atoms with E-state index in [1.54, 1.807) is 7.11 Å². The molecule has 2 nitrogen and oxygen atoms in total. The molecule has 0 bridgehead atoms. The summed E-state index contributed by atoms with van der Waals surface area (Å²) < 4.78 is 13.7. The van der Waals surface area contributed by atoms with Gasteiger partial charge >= 0.3 is 0 Å². The third kappa shape index (κ3) is 3.32. The quantitative estimate of drug-likeness (QED) is 0.451. The Hall–Kier alpha value is -2.62. The minimum absolute atomic E-state index is 0.787. The van der Waals surface area contributed by atoms with E-state index in [1.165, 1.54) is 0 Å². The Morgan fingerprint density at radius 2 is 1.39 bits per heavy atom. The Bertz CT molecular complexity index is 1020. The molecule has 1 aliphatic rings. The average Bonchev–Trinajstić information content (AvgIpc) is 2.76. The molecule has 1 aliphatic heterocycles. The van der Waals surface area contributed by atoms with Gasteiger partial charge in [0.25, 0.3) is 5.79 Å². The van der Waals surface area contributed by atoms with E-state index in [9.17, 15) is 0 Å². The molecular weight excluding hydrogens is 412 g/mol. The molecule has 28 heavy (non-hydrogen) atoms. The van der Waals surface area contributed by atoms with Crippen molar-refractivity contribution in [3.05, 3.63) is 118 Å². The van der Waals surface area contributed by atoms with Crippen LogP contribution in [-0.4, -0.2) is 7.11 Å². The second kappa shape index (κ2) is 7.78. The summed E-state index contributed by atoms with van der Waals surface area (Å²) in [5, 5.41) is 0. The lowest BCUT2D eigenvalue weighted by Crippen LogP contribution is -2.35. The van der Waals surface area contributed by atoms with Crippen LogP contribution in [0.25, 0.3) is 11.3 Å². The smallest absolute Gasteiger partial charge is 0.260 e. The highest BCUT2D eigenvalue weighted by Crippen LogP contribution is 2.46. The van der Waals surface area contributed by atoms with Crippen molar-refractivity contribution in [3.63, 3.8) is 0 Å². The number of halogens is 1. The summed E-state index contributed by atoms with van der Waals surface area (Å²) in [6.07, 6.45) is 2.11. The molecule has 4 rings (SSSR count). The fraction of sp³-hybridized carbons (Fsp3) is 0.120. The lowest BCUT2D eigenvalue weighted by molar-refractivity contribution is -0.160. The van der Waals surface area contributed by atoms with Crippen LogP contribution in [0, 0.1) is 0 Å². The van der Waals surface area contributed by atoms with E-state index < -0.39 is 5.79 Å². The Balaban J connectivity index is 1.95. The summed E-state index contributed by atoms with van der Waals surface area (Å²) in [6, 6.07) is 28.6. The molecule has 0 radical (unpaired) electrons. The Kier molecular flexibility index (Phi) is 5.21. The number of ether oxygens (including phenoxy) is 2. The zero-order valence-electron chi connectivity index (χ0n) is 15.9. The molecule has 1 heterocycles. The van der Waals surface area contributed by atoms with E-state index in [1.807, 2.05) is 48.5 Å². The average molecular weight is 433 g/mol. The number of benzene rings is 3. The molecule has 0 saturated heterocycles. The van der Waals surface area contributed by atoms with Gasteiger partial charge in [-0.15, -0.1) is 0 Å². The van der Waals surface area contributed by atoms with E-state index >= 15 is 0 Å². The number of methoxy groups -OCH3 is 1. The van der Waals surface area contributed by atoms with Crippen molar-refractivity contribution in [1.82, 2.24) is 0 Å². The highest BCUT2D eigenvalue weighted by Gasteiger charge is 2.42. The molecule has 1 atom stereocenters. The SMILES string of the molecule is COC1(c2ccccc2)OC(c2ccccc2)=CC(c2ccc(Br)cc2)=C1C. The van der Waals surface area contributed by atoms with Gasteiger partial charge in [0.2, 0.25) is 0 Å². The molecule has 0 spiro atoms. The van der Waals surface area contributed by atoms with Crippen molar-refractivity contribution < 1.29 is 9.47 Å². The van der Waals surface area contributed by atoms with Crippen LogP contribution < -0.4 is 0 Å².